The second-order valence-corrected chi connectivity index (χ2v) is 6.19. The van der Waals surface area contributed by atoms with Crippen LogP contribution in [0.25, 0.3) is 0 Å². The monoisotopic (exact) mass is 420 g/mol. The Balaban J connectivity index is 4.05. The van der Waals surface area contributed by atoms with Crippen molar-refractivity contribution >= 4 is 0 Å². The first kappa shape index (κ1) is 23.1. The van der Waals surface area contributed by atoms with Crippen LogP contribution in [0.4, 0.5) is 61.5 Å². The van der Waals surface area contributed by atoms with E-state index in [2.05, 4.69) is 0 Å². The molecule has 2 unspecified atom stereocenters. The molecule has 0 nitrogen and oxygen atoms in total. The Morgan fingerprint density at radius 3 is 1.08 bits per heavy atom. The molecule has 1 aliphatic rings. The zero-order chi connectivity index (χ0) is 21.4. The minimum Gasteiger partial charge on any atom is -0.247 e. The van der Waals surface area contributed by atoms with E-state index in [1.807, 2.05) is 0 Å². The second kappa shape index (κ2) is 5.30. The standard InChI is InChI=1S/C12H10F14/c1-5(15)9(19,20)6(2,16)11(23,24)8(18,10(5,21)22)12(25,26)7(17,3-13)4-14/h3-4H2,1-2H3. The third-order valence-electron chi connectivity index (χ3n) is 4.64. The van der Waals surface area contributed by atoms with Gasteiger partial charge in [0.1, 0.15) is 13.3 Å². The van der Waals surface area contributed by atoms with Gasteiger partial charge in [0, 0.05) is 0 Å². The maximum Gasteiger partial charge on any atom is 0.332 e. The van der Waals surface area contributed by atoms with E-state index in [4.69, 9.17) is 0 Å². The topological polar surface area (TPSA) is 0 Å². The summed E-state index contributed by atoms with van der Waals surface area (Å²) in [7, 11) is 0. The largest absolute Gasteiger partial charge is 0.332 e. The molecule has 0 aromatic carbocycles. The average molecular weight is 420 g/mol. The van der Waals surface area contributed by atoms with Crippen LogP contribution in [0, 0.1) is 0 Å². The Morgan fingerprint density at radius 2 is 0.846 bits per heavy atom. The molecule has 1 saturated carbocycles. The Hall–Kier alpha value is -0.980. The van der Waals surface area contributed by atoms with E-state index < -0.39 is 73.6 Å². The van der Waals surface area contributed by atoms with Gasteiger partial charge in [0.2, 0.25) is 17.0 Å². The molecule has 26 heavy (non-hydrogen) atoms. The Kier molecular flexibility index (Phi) is 4.70. The summed E-state index contributed by atoms with van der Waals surface area (Å²) < 4.78 is 191. The van der Waals surface area contributed by atoms with Crippen molar-refractivity contribution in [1.82, 2.24) is 0 Å². The molecule has 0 aromatic heterocycles. The van der Waals surface area contributed by atoms with Crippen molar-refractivity contribution in [2.24, 2.45) is 0 Å². The minimum atomic E-state index is -7.41. The van der Waals surface area contributed by atoms with E-state index in [1.165, 1.54) is 0 Å². The molecular weight excluding hydrogens is 410 g/mol. The molecule has 1 fully saturated rings. The first-order chi connectivity index (χ1) is 11.1. The molecule has 156 valence electrons. The minimum absolute atomic E-state index is 1.07. The number of halogens is 14. The van der Waals surface area contributed by atoms with Gasteiger partial charge in [-0.1, -0.05) is 0 Å². The van der Waals surface area contributed by atoms with Gasteiger partial charge in [-0.2, -0.15) is 35.1 Å². The van der Waals surface area contributed by atoms with Crippen LogP contribution in [0.15, 0.2) is 0 Å². The maximum atomic E-state index is 14.5. The van der Waals surface area contributed by atoms with Crippen LogP contribution in [0.3, 0.4) is 0 Å². The molecule has 0 aromatic rings. The lowest BCUT2D eigenvalue weighted by Gasteiger charge is -2.59. The van der Waals surface area contributed by atoms with Gasteiger partial charge in [0.25, 0.3) is 0 Å². The highest BCUT2D eigenvalue weighted by molar-refractivity contribution is 5.34. The van der Waals surface area contributed by atoms with E-state index in [1.54, 1.807) is 0 Å². The van der Waals surface area contributed by atoms with Crippen molar-refractivity contribution < 1.29 is 61.5 Å². The number of alkyl halides is 14. The lowest BCUT2D eigenvalue weighted by atomic mass is 9.59. The first-order valence-electron chi connectivity index (χ1n) is 6.51. The SMILES string of the molecule is CC1(F)C(F)(F)C(C)(F)C(F)(F)C(F)(C(F)(F)C(F)(CF)CF)C1(F)F. The third-order valence-corrected chi connectivity index (χ3v) is 4.64. The lowest BCUT2D eigenvalue weighted by Crippen LogP contribution is -2.89. The molecule has 0 spiro atoms. The lowest BCUT2D eigenvalue weighted by molar-refractivity contribution is -0.466. The van der Waals surface area contributed by atoms with Crippen LogP contribution in [0.2, 0.25) is 0 Å². The highest BCUT2D eigenvalue weighted by atomic mass is 19.3. The van der Waals surface area contributed by atoms with Crippen molar-refractivity contribution in [3.05, 3.63) is 0 Å². The molecular formula is C12H10F14. The second-order valence-electron chi connectivity index (χ2n) is 6.19. The van der Waals surface area contributed by atoms with Gasteiger partial charge in [-0.3, -0.25) is 0 Å². The highest BCUT2D eigenvalue weighted by Gasteiger charge is 3.02. The van der Waals surface area contributed by atoms with Crippen molar-refractivity contribution in [2.45, 2.75) is 60.2 Å². The van der Waals surface area contributed by atoms with Crippen LogP contribution in [-0.4, -0.2) is 59.7 Å². The predicted molar refractivity (Wildman–Crippen MR) is 58.4 cm³/mol. The Labute approximate surface area is 136 Å². The van der Waals surface area contributed by atoms with Crippen LogP contribution >= 0.6 is 0 Å². The van der Waals surface area contributed by atoms with E-state index in [0.29, 0.717) is 0 Å². The smallest absolute Gasteiger partial charge is 0.247 e. The summed E-state index contributed by atoms with van der Waals surface area (Å²) in [6, 6.07) is 0. The number of hydrogen-bond acceptors (Lipinski definition) is 0. The van der Waals surface area contributed by atoms with Crippen LogP contribution in [0.1, 0.15) is 13.8 Å². The van der Waals surface area contributed by atoms with E-state index >= 15 is 0 Å². The fourth-order valence-electron chi connectivity index (χ4n) is 2.59. The summed E-state index contributed by atoms with van der Waals surface area (Å²) in [5, 5.41) is 0. The molecule has 1 aliphatic carbocycles. The summed E-state index contributed by atoms with van der Waals surface area (Å²) in [5.74, 6) is -28.1. The molecule has 1 rings (SSSR count). The molecule has 0 saturated heterocycles. The van der Waals surface area contributed by atoms with Crippen molar-refractivity contribution in [3.8, 4) is 0 Å². The van der Waals surface area contributed by atoms with Crippen LogP contribution < -0.4 is 0 Å². The summed E-state index contributed by atoms with van der Waals surface area (Å²) in [6.45, 7) is -8.93. The van der Waals surface area contributed by atoms with Crippen LogP contribution in [0.5, 0.6) is 0 Å². The quantitative estimate of drug-likeness (QED) is 0.538. The maximum absolute atomic E-state index is 14.5. The molecule has 0 amide bonds. The summed E-state index contributed by atoms with van der Waals surface area (Å²) in [5.41, 5.74) is -25.3. The molecule has 0 heterocycles. The van der Waals surface area contributed by atoms with Gasteiger partial charge in [-0.15, -0.1) is 0 Å². The summed E-state index contributed by atoms with van der Waals surface area (Å²) in [4.78, 5) is 0. The molecule has 0 bridgehead atoms. The Bertz CT molecular complexity index is 515. The zero-order valence-corrected chi connectivity index (χ0v) is 12.7. The van der Waals surface area contributed by atoms with Gasteiger partial charge < -0.3 is 0 Å². The highest BCUT2D eigenvalue weighted by Crippen LogP contribution is 2.72. The van der Waals surface area contributed by atoms with E-state index in [0.717, 1.165) is 0 Å². The summed E-state index contributed by atoms with van der Waals surface area (Å²) in [6.07, 6.45) is 0. The van der Waals surface area contributed by atoms with Gasteiger partial charge in [0.05, 0.1) is 0 Å². The van der Waals surface area contributed by atoms with Crippen LogP contribution in [-0.2, 0) is 0 Å². The Morgan fingerprint density at radius 1 is 0.577 bits per heavy atom. The fourth-order valence-corrected chi connectivity index (χ4v) is 2.59. The number of hydrogen-bond donors (Lipinski definition) is 0. The van der Waals surface area contributed by atoms with E-state index in [9.17, 15) is 61.5 Å². The molecule has 2 atom stereocenters. The third kappa shape index (κ3) is 1.88. The van der Waals surface area contributed by atoms with Crippen molar-refractivity contribution in [1.29, 1.82) is 0 Å². The van der Waals surface area contributed by atoms with Gasteiger partial charge in [0.15, 0.2) is 0 Å². The first-order valence-corrected chi connectivity index (χ1v) is 6.51. The average Bonchev–Trinajstić information content (AvgIpc) is 2.50. The van der Waals surface area contributed by atoms with Gasteiger partial charge >= 0.3 is 29.4 Å². The zero-order valence-electron chi connectivity index (χ0n) is 12.7. The normalized spacial score (nSPS) is 39.7. The molecule has 0 N–H and O–H groups in total. The molecule has 0 radical (unpaired) electrons. The van der Waals surface area contributed by atoms with Gasteiger partial charge in [-0.25, -0.2) is 26.3 Å². The predicted octanol–water partition coefficient (Wildman–Crippen LogP) is 5.35. The summed E-state index contributed by atoms with van der Waals surface area (Å²) >= 11 is 0. The van der Waals surface area contributed by atoms with Crippen molar-refractivity contribution in [2.75, 3.05) is 13.3 Å². The molecule has 14 heteroatoms. The fraction of sp³-hybridized carbons (Fsp3) is 1.00. The molecule has 0 aliphatic heterocycles. The van der Waals surface area contributed by atoms with E-state index in [-0.39, 0.29) is 0 Å². The number of rotatable bonds is 4. The van der Waals surface area contributed by atoms with Gasteiger partial charge in [-0.05, 0) is 13.8 Å². The van der Waals surface area contributed by atoms with Crippen molar-refractivity contribution in [3.63, 3.8) is 0 Å².